The van der Waals surface area contributed by atoms with E-state index in [1.54, 1.807) is 25.1 Å². The molecule has 0 aliphatic heterocycles. The van der Waals surface area contributed by atoms with Gasteiger partial charge in [-0.25, -0.2) is 19.2 Å². The molecule has 32 heavy (non-hydrogen) atoms. The SMILES string of the molecule is C[C@H](N)[C@H](O)c1cccc(O)c1.O=C(O)[C@H](O)[C@@H](O)C(=O)O.O=C(O)[C@H](O)[C@@H](O)C(=O)O. The second-order valence-corrected chi connectivity index (χ2v) is 6.03. The molecule has 0 spiro atoms. The highest BCUT2D eigenvalue weighted by Crippen LogP contribution is 2.19. The van der Waals surface area contributed by atoms with Crippen molar-refractivity contribution in [3.8, 4) is 5.75 Å². The lowest BCUT2D eigenvalue weighted by atomic mass is 10.0. The molecule has 0 bridgehead atoms. The lowest BCUT2D eigenvalue weighted by Crippen LogP contribution is -2.39. The molecule has 0 amide bonds. The first-order valence-corrected chi connectivity index (χ1v) is 8.40. The number of nitrogens with two attached hydrogens (primary N) is 1. The van der Waals surface area contributed by atoms with Crippen LogP contribution in [0.15, 0.2) is 24.3 Å². The smallest absolute Gasteiger partial charge is 0.335 e. The van der Waals surface area contributed by atoms with Gasteiger partial charge in [0.2, 0.25) is 0 Å². The molecular weight excluding hydrogens is 442 g/mol. The zero-order valence-corrected chi connectivity index (χ0v) is 16.5. The maximum absolute atomic E-state index is 9.77. The number of carbonyl (C=O) groups is 4. The third-order valence-electron chi connectivity index (χ3n) is 3.32. The molecule has 0 aromatic heterocycles. The summed E-state index contributed by atoms with van der Waals surface area (Å²) in [4.78, 5) is 39.1. The number of carboxylic acids is 4. The number of aromatic hydroxyl groups is 1. The summed E-state index contributed by atoms with van der Waals surface area (Å²) >= 11 is 0. The van der Waals surface area contributed by atoms with Crippen LogP contribution in [0.4, 0.5) is 0 Å². The summed E-state index contributed by atoms with van der Waals surface area (Å²) in [7, 11) is 0. The van der Waals surface area contributed by atoms with Gasteiger partial charge in [0.25, 0.3) is 0 Å². The minimum atomic E-state index is -2.27. The van der Waals surface area contributed by atoms with Crippen molar-refractivity contribution in [3.63, 3.8) is 0 Å². The molecule has 0 fully saturated rings. The number of aliphatic hydroxyl groups excluding tert-OH is 5. The predicted molar refractivity (Wildman–Crippen MR) is 101 cm³/mol. The molecule has 1 rings (SSSR count). The van der Waals surface area contributed by atoms with Gasteiger partial charge in [0.1, 0.15) is 5.75 Å². The summed E-state index contributed by atoms with van der Waals surface area (Å²) < 4.78 is 0. The molecule has 1 aromatic rings. The lowest BCUT2D eigenvalue weighted by molar-refractivity contribution is -0.165. The number of aliphatic carboxylic acids is 4. The van der Waals surface area contributed by atoms with Crippen LogP contribution in [0, 0.1) is 0 Å². The molecule has 0 heterocycles. The van der Waals surface area contributed by atoms with Gasteiger partial charge in [-0.05, 0) is 24.6 Å². The van der Waals surface area contributed by atoms with Crippen LogP contribution in [0.1, 0.15) is 18.6 Å². The van der Waals surface area contributed by atoms with E-state index in [0.717, 1.165) is 0 Å². The molecular formula is C17H25NO14. The molecule has 12 N–H and O–H groups in total. The fourth-order valence-corrected chi connectivity index (χ4v) is 1.55. The van der Waals surface area contributed by atoms with Crippen molar-refractivity contribution < 1.29 is 70.2 Å². The van der Waals surface area contributed by atoms with Crippen molar-refractivity contribution in [1.82, 2.24) is 0 Å². The van der Waals surface area contributed by atoms with Gasteiger partial charge in [0, 0.05) is 6.04 Å². The summed E-state index contributed by atoms with van der Waals surface area (Å²) in [6.45, 7) is 1.72. The van der Waals surface area contributed by atoms with Crippen LogP contribution in [0.3, 0.4) is 0 Å². The number of aliphatic hydroxyl groups is 5. The molecule has 0 unspecified atom stereocenters. The fraction of sp³-hybridized carbons (Fsp3) is 0.412. The van der Waals surface area contributed by atoms with E-state index in [0.29, 0.717) is 5.56 Å². The number of hydrogen-bond acceptors (Lipinski definition) is 11. The molecule has 15 nitrogen and oxygen atoms in total. The van der Waals surface area contributed by atoms with E-state index in [2.05, 4.69) is 0 Å². The van der Waals surface area contributed by atoms with Crippen LogP contribution in [0.25, 0.3) is 0 Å². The number of rotatable bonds is 8. The Morgan fingerprint density at radius 1 is 0.719 bits per heavy atom. The van der Waals surface area contributed by atoms with Crippen LogP contribution in [0.5, 0.6) is 5.75 Å². The summed E-state index contributed by atoms with van der Waals surface area (Å²) in [5.41, 5.74) is 6.13. The topological polar surface area (TPSA) is 297 Å². The minimum Gasteiger partial charge on any atom is -0.508 e. The number of hydrogen-bond donors (Lipinski definition) is 11. The maximum atomic E-state index is 9.77. The van der Waals surface area contributed by atoms with Gasteiger partial charge in [0.05, 0.1) is 6.10 Å². The van der Waals surface area contributed by atoms with Crippen LogP contribution >= 0.6 is 0 Å². The lowest BCUT2D eigenvalue weighted by Gasteiger charge is -2.14. The van der Waals surface area contributed by atoms with E-state index in [9.17, 15) is 24.3 Å². The van der Waals surface area contributed by atoms with E-state index in [1.165, 1.54) is 6.07 Å². The van der Waals surface area contributed by atoms with Crippen molar-refractivity contribution in [3.05, 3.63) is 29.8 Å². The predicted octanol–water partition coefficient (Wildman–Crippen LogP) is -3.47. The van der Waals surface area contributed by atoms with E-state index < -0.39 is 54.4 Å². The summed E-state index contributed by atoms with van der Waals surface area (Å²) in [5, 5.41) is 83.6. The Hall–Kier alpha value is -3.34. The zero-order chi connectivity index (χ0) is 25.8. The van der Waals surface area contributed by atoms with Crippen LogP contribution in [-0.2, 0) is 19.2 Å². The minimum absolute atomic E-state index is 0.146. The number of benzene rings is 1. The molecule has 1 aromatic carbocycles. The van der Waals surface area contributed by atoms with Crippen LogP contribution in [0.2, 0.25) is 0 Å². The van der Waals surface area contributed by atoms with E-state index >= 15 is 0 Å². The average molecular weight is 467 g/mol. The largest absolute Gasteiger partial charge is 0.508 e. The van der Waals surface area contributed by atoms with E-state index in [1.807, 2.05) is 0 Å². The molecule has 6 atom stereocenters. The zero-order valence-electron chi connectivity index (χ0n) is 16.5. The van der Waals surface area contributed by atoms with Gasteiger partial charge < -0.3 is 56.8 Å². The first-order chi connectivity index (χ1) is 14.5. The standard InChI is InChI=1S/C9H13NO2.2C4H6O6/c1-6(10)9(12)7-3-2-4-8(11)5-7;2*5-1(3(7)8)2(6)4(9)10/h2-6,9,11-12H,10H2,1H3;2*1-2,5-6H,(H,7,8)(H,9,10)/t6-,9-;2*1-,2-/m011/s1. The first kappa shape index (κ1) is 30.9. The number of carboxylic acid groups (broad SMARTS) is 4. The molecule has 0 aliphatic rings. The summed E-state index contributed by atoms with van der Waals surface area (Å²) in [6, 6.07) is 6.14. The van der Waals surface area contributed by atoms with Crippen LogP contribution in [-0.4, -0.2) is 105 Å². The van der Waals surface area contributed by atoms with Crippen molar-refractivity contribution in [1.29, 1.82) is 0 Å². The fourth-order valence-electron chi connectivity index (χ4n) is 1.55. The van der Waals surface area contributed by atoms with Crippen molar-refractivity contribution >= 4 is 23.9 Å². The van der Waals surface area contributed by atoms with Crippen LogP contribution < -0.4 is 5.73 Å². The van der Waals surface area contributed by atoms with Gasteiger partial charge in [-0.1, -0.05) is 12.1 Å². The van der Waals surface area contributed by atoms with Crippen molar-refractivity contribution in [2.24, 2.45) is 5.73 Å². The molecule has 0 radical (unpaired) electrons. The molecule has 15 heteroatoms. The quantitative estimate of drug-likeness (QED) is 0.177. The Kier molecular flexibility index (Phi) is 14.1. The Bertz CT molecular complexity index is 695. The van der Waals surface area contributed by atoms with Gasteiger partial charge in [-0.2, -0.15) is 0 Å². The maximum Gasteiger partial charge on any atom is 0.335 e. The summed E-state index contributed by atoms with van der Waals surface area (Å²) in [5.74, 6) is -6.93. The second-order valence-electron chi connectivity index (χ2n) is 6.03. The van der Waals surface area contributed by atoms with Crippen molar-refractivity contribution in [2.75, 3.05) is 0 Å². The van der Waals surface area contributed by atoms with Gasteiger partial charge in [-0.15, -0.1) is 0 Å². The Morgan fingerprint density at radius 3 is 1.25 bits per heavy atom. The van der Waals surface area contributed by atoms with E-state index in [-0.39, 0.29) is 11.8 Å². The first-order valence-electron chi connectivity index (χ1n) is 8.40. The highest BCUT2D eigenvalue weighted by atomic mass is 16.4. The Labute approximate surface area is 179 Å². The molecule has 0 aliphatic carbocycles. The Balaban J connectivity index is 0. The highest BCUT2D eigenvalue weighted by Gasteiger charge is 2.30. The van der Waals surface area contributed by atoms with Crippen molar-refractivity contribution in [2.45, 2.75) is 43.5 Å². The number of phenols is 1. The van der Waals surface area contributed by atoms with E-state index in [4.69, 9.17) is 51.7 Å². The monoisotopic (exact) mass is 467 g/mol. The third kappa shape index (κ3) is 11.7. The summed E-state index contributed by atoms with van der Waals surface area (Å²) in [6.07, 6.45) is -9.78. The average Bonchev–Trinajstić information content (AvgIpc) is 2.71. The van der Waals surface area contributed by atoms with Gasteiger partial charge >= 0.3 is 23.9 Å². The normalized spacial score (nSPS) is 15.7. The molecule has 0 saturated carbocycles. The van der Waals surface area contributed by atoms with Gasteiger partial charge in [0.15, 0.2) is 24.4 Å². The second kappa shape index (κ2) is 14.6. The highest BCUT2D eigenvalue weighted by molar-refractivity contribution is 5.83. The number of phenolic OH excluding ortho intramolecular Hbond substituents is 1. The Morgan fingerprint density at radius 2 is 1.03 bits per heavy atom. The molecule has 0 saturated heterocycles. The molecule has 182 valence electrons. The van der Waals surface area contributed by atoms with Gasteiger partial charge in [-0.3, -0.25) is 0 Å². The third-order valence-corrected chi connectivity index (χ3v) is 3.32.